The third kappa shape index (κ3) is 4.49. The fourth-order valence-corrected chi connectivity index (χ4v) is 4.16. The van der Waals surface area contributed by atoms with E-state index in [1.165, 1.54) is 6.26 Å². The van der Waals surface area contributed by atoms with Crippen LogP contribution in [0.15, 0.2) is 100 Å². The first-order valence-corrected chi connectivity index (χ1v) is 12.2. The van der Waals surface area contributed by atoms with Crippen molar-refractivity contribution in [2.45, 2.75) is 11.5 Å². The molecule has 0 spiro atoms. The lowest BCUT2D eigenvalue weighted by atomic mass is 10.1. The van der Waals surface area contributed by atoms with Crippen molar-refractivity contribution in [2.24, 2.45) is 0 Å². The molecule has 5 rings (SSSR count). The highest BCUT2D eigenvalue weighted by Gasteiger charge is 2.18. The normalized spacial score (nSPS) is 11.5. The number of para-hydroxylation sites is 1. The molecule has 0 radical (unpaired) electrons. The Hall–Kier alpha value is -3.97. The summed E-state index contributed by atoms with van der Waals surface area (Å²) in [7, 11) is -3.28. The lowest BCUT2D eigenvalue weighted by molar-refractivity contribution is 0.256. The Morgan fingerprint density at radius 3 is 2.27 bits per heavy atom. The lowest BCUT2D eigenvalue weighted by Gasteiger charge is -2.04. The van der Waals surface area contributed by atoms with Crippen LogP contribution < -0.4 is 4.74 Å². The van der Waals surface area contributed by atoms with E-state index in [1.807, 2.05) is 66.7 Å². The number of hydrogen-bond donors (Lipinski definition) is 0. The van der Waals surface area contributed by atoms with Crippen molar-refractivity contribution in [3.63, 3.8) is 0 Å². The highest BCUT2D eigenvalue weighted by atomic mass is 32.2. The quantitative estimate of drug-likeness (QED) is 0.334. The van der Waals surface area contributed by atoms with Crippen LogP contribution in [0.4, 0.5) is 0 Å². The second kappa shape index (κ2) is 8.52. The summed E-state index contributed by atoms with van der Waals surface area (Å²) in [4.78, 5) is 9.43. The van der Waals surface area contributed by atoms with Gasteiger partial charge in [-0.25, -0.2) is 18.4 Å². The standard InChI is InChI=1S/C26H20N2O4S/c1-33(29,30)21-14-11-19(12-15-21)25-26(20-8-3-2-4-9-20)32-24(28-25)17-31-23-16-13-18-7-5-6-10-22(18)27-23/h2-16H,17H2,1H3. The van der Waals surface area contributed by atoms with Gasteiger partial charge in [-0.2, -0.15) is 0 Å². The molecule has 0 aliphatic carbocycles. The Bertz CT molecular complexity index is 1530. The van der Waals surface area contributed by atoms with E-state index >= 15 is 0 Å². The molecular weight excluding hydrogens is 436 g/mol. The average molecular weight is 457 g/mol. The number of sulfone groups is 1. The van der Waals surface area contributed by atoms with Crippen LogP contribution in [0.3, 0.4) is 0 Å². The van der Waals surface area contributed by atoms with Crippen LogP contribution in [0.1, 0.15) is 5.89 Å². The van der Waals surface area contributed by atoms with E-state index in [4.69, 9.17) is 9.15 Å². The van der Waals surface area contributed by atoms with Crippen molar-refractivity contribution in [2.75, 3.05) is 6.26 Å². The van der Waals surface area contributed by atoms with Gasteiger partial charge in [0.05, 0.1) is 10.4 Å². The fraction of sp³-hybridized carbons (Fsp3) is 0.0769. The van der Waals surface area contributed by atoms with Crippen molar-refractivity contribution in [1.29, 1.82) is 0 Å². The molecule has 164 valence electrons. The van der Waals surface area contributed by atoms with Crippen LogP contribution >= 0.6 is 0 Å². The molecule has 5 aromatic rings. The maximum absolute atomic E-state index is 11.8. The summed E-state index contributed by atoms with van der Waals surface area (Å²) in [5.41, 5.74) is 3.08. The molecule has 0 aliphatic heterocycles. The van der Waals surface area contributed by atoms with Crippen LogP contribution in [-0.4, -0.2) is 24.6 Å². The largest absolute Gasteiger partial charge is 0.468 e. The molecule has 3 aromatic carbocycles. The molecule has 2 aromatic heterocycles. The molecule has 0 atom stereocenters. The molecule has 0 fully saturated rings. The van der Waals surface area contributed by atoms with E-state index in [-0.39, 0.29) is 11.5 Å². The number of hydrogen-bond acceptors (Lipinski definition) is 6. The summed E-state index contributed by atoms with van der Waals surface area (Å²) in [5, 5.41) is 1.03. The summed E-state index contributed by atoms with van der Waals surface area (Å²) in [5.74, 6) is 1.46. The Kier molecular flexibility index (Phi) is 5.40. The second-order valence-electron chi connectivity index (χ2n) is 7.58. The van der Waals surface area contributed by atoms with Gasteiger partial charge in [0.25, 0.3) is 0 Å². The molecular formula is C26H20N2O4S. The zero-order chi connectivity index (χ0) is 22.8. The first kappa shape index (κ1) is 20.9. The van der Waals surface area contributed by atoms with E-state index in [2.05, 4.69) is 9.97 Å². The van der Waals surface area contributed by atoms with Crippen molar-refractivity contribution in [1.82, 2.24) is 9.97 Å². The minimum absolute atomic E-state index is 0.104. The van der Waals surface area contributed by atoms with Crippen molar-refractivity contribution in [3.8, 4) is 28.5 Å². The third-order valence-corrected chi connectivity index (χ3v) is 6.31. The van der Waals surface area contributed by atoms with E-state index < -0.39 is 9.84 Å². The van der Waals surface area contributed by atoms with Gasteiger partial charge in [-0.15, -0.1) is 0 Å². The predicted molar refractivity (Wildman–Crippen MR) is 127 cm³/mol. The molecule has 0 saturated carbocycles. The number of fused-ring (bicyclic) bond motifs is 1. The maximum Gasteiger partial charge on any atom is 0.233 e. The van der Waals surface area contributed by atoms with Crippen molar-refractivity contribution >= 4 is 20.7 Å². The molecule has 0 saturated heterocycles. The van der Waals surface area contributed by atoms with Gasteiger partial charge in [0.1, 0.15) is 5.69 Å². The molecule has 33 heavy (non-hydrogen) atoms. The second-order valence-corrected chi connectivity index (χ2v) is 9.59. The summed E-state index contributed by atoms with van der Waals surface area (Å²) in [6.45, 7) is 0.104. The fourth-order valence-electron chi connectivity index (χ4n) is 3.53. The van der Waals surface area contributed by atoms with Crippen molar-refractivity contribution < 1.29 is 17.6 Å². The van der Waals surface area contributed by atoms with Gasteiger partial charge in [0, 0.05) is 28.8 Å². The van der Waals surface area contributed by atoms with Gasteiger partial charge < -0.3 is 9.15 Å². The summed E-state index contributed by atoms with van der Waals surface area (Å²) in [6, 6.07) is 27.8. The SMILES string of the molecule is CS(=O)(=O)c1ccc(-c2nc(COc3ccc4ccccc4n3)oc2-c2ccccc2)cc1. The van der Waals surface area contributed by atoms with Gasteiger partial charge in [0.15, 0.2) is 22.2 Å². The van der Waals surface area contributed by atoms with E-state index in [0.29, 0.717) is 23.2 Å². The molecule has 2 heterocycles. The highest BCUT2D eigenvalue weighted by molar-refractivity contribution is 7.90. The number of pyridine rings is 1. The van der Waals surface area contributed by atoms with Gasteiger partial charge in [-0.3, -0.25) is 0 Å². The Balaban J connectivity index is 1.47. The molecule has 0 bridgehead atoms. The number of oxazole rings is 1. The van der Waals surface area contributed by atoms with Gasteiger partial charge in [-0.1, -0.05) is 60.7 Å². The topological polar surface area (TPSA) is 82.3 Å². The third-order valence-electron chi connectivity index (χ3n) is 5.18. The monoisotopic (exact) mass is 456 g/mol. The van der Waals surface area contributed by atoms with Crippen LogP contribution in [0.2, 0.25) is 0 Å². The van der Waals surface area contributed by atoms with Gasteiger partial charge >= 0.3 is 0 Å². The minimum Gasteiger partial charge on any atom is -0.468 e. The van der Waals surface area contributed by atoms with Crippen molar-refractivity contribution in [3.05, 3.63) is 96.9 Å². The Morgan fingerprint density at radius 2 is 1.52 bits per heavy atom. The van der Waals surface area contributed by atoms with E-state index in [0.717, 1.165) is 22.0 Å². The number of benzene rings is 3. The molecule has 0 aliphatic rings. The smallest absolute Gasteiger partial charge is 0.233 e. The average Bonchev–Trinajstić information content (AvgIpc) is 3.27. The minimum atomic E-state index is -3.28. The maximum atomic E-state index is 11.8. The molecule has 6 nitrogen and oxygen atoms in total. The molecule has 7 heteroatoms. The number of ether oxygens (including phenoxy) is 1. The first-order valence-electron chi connectivity index (χ1n) is 10.3. The zero-order valence-corrected chi connectivity index (χ0v) is 18.6. The van der Waals surface area contributed by atoms with Gasteiger partial charge in [-0.05, 0) is 24.3 Å². The number of nitrogens with zero attached hydrogens (tertiary/aromatic N) is 2. The van der Waals surface area contributed by atoms with Crippen LogP contribution in [0.5, 0.6) is 5.88 Å². The van der Waals surface area contributed by atoms with E-state index in [9.17, 15) is 8.42 Å². The van der Waals surface area contributed by atoms with Gasteiger partial charge in [0.2, 0.25) is 11.8 Å². The summed E-state index contributed by atoms with van der Waals surface area (Å²) >= 11 is 0. The molecule has 0 N–H and O–H groups in total. The van der Waals surface area contributed by atoms with Crippen LogP contribution in [0, 0.1) is 0 Å². The summed E-state index contributed by atoms with van der Waals surface area (Å²) in [6.07, 6.45) is 1.18. The van der Waals surface area contributed by atoms with E-state index in [1.54, 1.807) is 24.3 Å². The predicted octanol–water partition coefficient (Wildman–Crippen LogP) is 5.54. The Labute approximate surface area is 191 Å². The first-order chi connectivity index (χ1) is 16.0. The summed E-state index contributed by atoms with van der Waals surface area (Å²) < 4.78 is 35.6. The number of aromatic nitrogens is 2. The molecule has 0 unspecified atom stereocenters. The zero-order valence-electron chi connectivity index (χ0n) is 17.8. The number of rotatable bonds is 6. The van der Waals surface area contributed by atoms with Crippen LogP contribution in [0.25, 0.3) is 33.5 Å². The highest BCUT2D eigenvalue weighted by Crippen LogP contribution is 2.33. The van der Waals surface area contributed by atoms with Crippen LogP contribution in [-0.2, 0) is 16.4 Å². The lowest BCUT2D eigenvalue weighted by Crippen LogP contribution is -1.98. The Morgan fingerprint density at radius 1 is 0.788 bits per heavy atom. The molecule has 0 amide bonds.